The maximum Gasteiger partial charge on any atom is 0.265 e. The molecule has 1 fully saturated rings. The summed E-state index contributed by atoms with van der Waals surface area (Å²) in [4.78, 5) is 29.8. The standard InChI is InChI=1S/C24H25N3O3S/c28-23(22-7-4-18-31-22)25-20-10-8-19(9-11-20)24(29)27-14-12-26(13-15-27)16-17-30-21-5-2-1-3-6-21/h1-11,18H,12-17H2,(H,25,28). The molecule has 160 valence electrons. The number of benzene rings is 2. The molecule has 1 aliphatic rings. The summed E-state index contributed by atoms with van der Waals surface area (Å²) in [5.41, 5.74) is 1.31. The van der Waals surface area contributed by atoms with Crippen LogP contribution in [0, 0.1) is 0 Å². The van der Waals surface area contributed by atoms with Crippen LogP contribution in [0.3, 0.4) is 0 Å². The Labute approximate surface area is 186 Å². The number of ether oxygens (including phenoxy) is 1. The second-order valence-corrected chi connectivity index (χ2v) is 8.25. The average Bonchev–Trinajstić information content (AvgIpc) is 3.36. The van der Waals surface area contributed by atoms with Crippen molar-refractivity contribution in [1.82, 2.24) is 9.80 Å². The van der Waals surface area contributed by atoms with Crippen LogP contribution in [0.15, 0.2) is 72.1 Å². The fourth-order valence-electron chi connectivity index (χ4n) is 3.46. The Hall–Kier alpha value is -3.16. The zero-order valence-corrected chi connectivity index (χ0v) is 18.0. The quantitative estimate of drug-likeness (QED) is 0.613. The Morgan fingerprint density at radius 3 is 2.32 bits per heavy atom. The van der Waals surface area contributed by atoms with E-state index in [1.807, 2.05) is 46.7 Å². The van der Waals surface area contributed by atoms with E-state index in [4.69, 9.17) is 4.74 Å². The van der Waals surface area contributed by atoms with Crippen LogP contribution in [0.25, 0.3) is 0 Å². The summed E-state index contributed by atoms with van der Waals surface area (Å²) in [6, 6.07) is 20.5. The monoisotopic (exact) mass is 435 g/mol. The van der Waals surface area contributed by atoms with Gasteiger partial charge in [-0.05, 0) is 47.8 Å². The SMILES string of the molecule is O=C(Nc1ccc(C(=O)N2CCN(CCOc3ccccc3)CC2)cc1)c1cccs1. The van der Waals surface area contributed by atoms with Crippen LogP contribution in [-0.4, -0.2) is 60.9 Å². The molecule has 0 saturated carbocycles. The molecule has 0 unspecified atom stereocenters. The fraction of sp³-hybridized carbons (Fsp3) is 0.250. The first-order valence-corrected chi connectivity index (χ1v) is 11.2. The van der Waals surface area contributed by atoms with Crippen LogP contribution in [0.2, 0.25) is 0 Å². The highest BCUT2D eigenvalue weighted by molar-refractivity contribution is 7.12. The van der Waals surface area contributed by atoms with E-state index in [1.165, 1.54) is 11.3 Å². The minimum absolute atomic E-state index is 0.0244. The maximum absolute atomic E-state index is 12.8. The van der Waals surface area contributed by atoms with Gasteiger partial charge in [0.2, 0.25) is 0 Å². The summed E-state index contributed by atoms with van der Waals surface area (Å²) >= 11 is 1.40. The number of carbonyl (C=O) groups is 2. The van der Waals surface area contributed by atoms with Gasteiger partial charge in [-0.15, -0.1) is 11.3 Å². The van der Waals surface area contributed by atoms with E-state index in [0.717, 1.165) is 25.4 Å². The van der Waals surface area contributed by atoms with Gasteiger partial charge in [0, 0.05) is 44.0 Å². The van der Waals surface area contributed by atoms with Crippen molar-refractivity contribution in [1.29, 1.82) is 0 Å². The zero-order valence-electron chi connectivity index (χ0n) is 17.2. The van der Waals surface area contributed by atoms with Gasteiger partial charge in [0.05, 0.1) is 4.88 Å². The fourth-order valence-corrected chi connectivity index (χ4v) is 4.08. The summed E-state index contributed by atoms with van der Waals surface area (Å²) in [5, 5.41) is 4.72. The topological polar surface area (TPSA) is 61.9 Å². The molecule has 2 heterocycles. The van der Waals surface area contributed by atoms with Crippen LogP contribution in [-0.2, 0) is 0 Å². The van der Waals surface area contributed by atoms with E-state index < -0.39 is 0 Å². The highest BCUT2D eigenvalue weighted by Gasteiger charge is 2.22. The number of thiophene rings is 1. The number of nitrogens with zero attached hydrogens (tertiary/aromatic N) is 2. The van der Waals surface area contributed by atoms with Crippen molar-refractivity contribution < 1.29 is 14.3 Å². The molecule has 0 bridgehead atoms. The molecule has 1 saturated heterocycles. The molecule has 3 aromatic rings. The number of carbonyl (C=O) groups excluding carboxylic acids is 2. The van der Waals surface area contributed by atoms with Crippen LogP contribution >= 0.6 is 11.3 Å². The number of amides is 2. The van der Waals surface area contributed by atoms with Crippen molar-refractivity contribution >= 4 is 28.8 Å². The number of nitrogens with one attached hydrogen (secondary N) is 1. The molecular weight excluding hydrogens is 410 g/mol. The van der Waals surface area contributed by atoms with Gasteiger partial charge in [0.25, 0.3) is 11.8 Å². The number of rotatable bonds is 7. The van der Waals surface area contributed by atoms with Crippen molar-refractivity contribution in [3.63, 3.8) is 0 Å². The second kappa shape index (κ2) is 10.2. The van der Waals surface area contributed by atoms with Crippen LogP contribution in [0.4, 0.5) is 5.69 Å². The van der Waals surface area contributed by atoms with Gasteiger partial charge < -0.3 is 15.0 Å². The molecule has 0 atom stereocenters. The smallest absolute Gasteiger partial charge is 0.265 e. The van der Waals surface area contributed by atoms with Gasteiger partial charge in [-0.25, -0.2) is 0 Å². The molecule has 4 rings (SSSR count). The molecule has 1 N–H and O–H groups in total. The summed E-state index contributed by atoms with van der Waals surface area (Å²) in [6.45, 7) is 4.53. The van der Waals surface area contributed by atoms with Gasteiger partial charge in [-0.3, -0.25) is 14.5 Å². The minimum atomic E-state index is -0.138. The molecule has 7 heteroatoms. The Morgan fingerprint density at radius 2 is 1.65 bits per heavy atom. The Kier molecular flexibility index (Phi) is 6.96. The molecule has 2 amide bonds. The second-order valence-electron chi connectivity index (χ2n) is 7.30. The van der Waals surface area contributed by atoms with E-state index in [2.05, 4.69) is 10.2 Å². The van der Waals surface area contributed by atoms with E-state index in [-0.39, 0.29) is 11.8 Å². The zero-order chi connectivity index (χ0) is 21.5. The summed E-state index contributed by atoms with van der Waals surface area (Å²) in [6.07, 6.45) is 0. The Morgan fingerprint density at radius 1 is 0.903 bits per heavy atom. The van der Waals surface area contributed by atoms with Crippen LogP contribution in [0.1, 0.15) is 20.0 Å². The normalized spacial score (nSPS) is 14.3. The van der Waals surface area contributed by atoms with Gasteiger partial charge in [-0.1, -0.05) is 24.3 Å². The van der Waals surface area contributed by atoms with Gasteiger partial charge in [0.1, 0.15) is 12.4 Å². The number of para-hydroxylation sites is 1. The van der Waals surface area contributed by atoms with Crippen molar-refractivity contribution in [2.24, 2.45) is 0 Å². The average molecular weight is 436 g/mol. The first-order valence-electron chi connectivity index (χ1n) is 10.3. The van der Waals surface area contributed by atoms with E-state index in [9.17, 15) is 9.59 Å². The number of piperazine rings is 1. The predicted molar refractivity (Wildman–Crippen MR) is 123 cm³/mol. The molecule has 2 aromatic carbocycles. The molecule has 31 heavy (non-hydrogen) atoms. The third-order valence-electron chi connectivity index (χ3n) is 5.21. The largest absolute Gasteiger partial charge is 0.492 e. The lowest BCUT2D eigenvalue weighted by Gasteiger charge is -2.34. The van der Waals surface area contributed by atoms with Gasteiger partial charge in [0.15, 0.2) is 0 Å². The van der Waals surface area contributed by atoms with Crippen molar-refractivity contribution in [2.45, 2.75) is 0 Å². The predicted octanol–water partition coefficient (Wildman–Crippen LogP) is 3.84. The first kappa shape index (κ1) is 21.1. The maximum atomic E-state index is 12.8. The lowest BCUT2D eigenvalue weighted by Crippen LogP contribution is -2.49. The van der Waals surface area contributed by atoms with Crippen LogP contribution in [0.5, 0.6) is 5.75 Å². The highest BCUT2D eigenvalue weighted by Crippen LogP contribution is 2.16. The molecule has 1 aliphatic heterocycles. The molecule has 0 aliphatic carbocycles. The highest BCUT2D eigenvalue weighted by atomic mass is 32.1. The molecule has 0 radical (unpaired) electrons. The third-order valence-corrected chi connectivity index (χ3v) is 6.08. The number of anilines is 1. The molecule has 6 nitrogen and oxygen atoms in total. The number of hydrogen-bond donors (Lipinski definition) is 1. The Bertz CT molecular complexity index is 983. The van der Waals surface area contributed by atoms with E-state index >= 15 is 0 Å². The Balaban J connectivity index is 1.22. The summed E-state index contributed by atoms with van der Waals surface area (Å²) in [7, 11) is 0. The lowest BCUT2D eigenvalue weighted by molar-refractivity contribution is 0.0620. The van der Waals surface area contributed by atoms with E-state index in [1.54, 1.807) is 30.3 Å². The third kappa shape index (κ3) is 5.71. The number of hydrogen-bond acceptors (Lipinski definition) is 5. The first-order chi connectivity index (χ1) is 15.2. The minimum Gasteiger partial charge on any atom is -0.492 e. The molecule has 1 aromatic heterocycles. The van der Waals surface area contributed by atoms with Gasteiger partial charge >= 0.3 is 0 Å². The van der Waals surface area contributed by atoms with Gasteiger partial charge in [-0.2, -0.15) is 0 Å². The summed E-state index contributed by atoms with van der Waals surface area (Å²) in [5.74, 6) is 0.768. The van der Waals surface area contributed by atoms with Crippen molar-refractivity contribution in [3.8, 4) is 5.75 Å². The van der Waals surface area contributed by atoms with E-state index in [0.29, 0.717) is 35.8 Å². The van der Waals surface area contributed by atoms with Crippen molar-refractivity contribution in [2.75, 3.05) is 44.6 Å². The summed E-state index contributed by atoms with van der Waals surface area (Å²) < 4.78 is 5.76. The molecule has 0 spiro atoms. The lowest BCUT2D eigenvalue weighted by atomic mass is 10.1. The molecular formula is C24H25N3O3S. The van der Waals surface area contributed by atoms with Crippen molar-refractivity contribution in [3.05, 3.63) is 82.6 Å². The van der Waals surface area contributed by atoms with Crippen LogP contribution < -0.4 is 10.1 Å².